The molecule has 5 rings (SSSR count). The van der Waals surface area contributed by atoms with Crippen LogP contribution in [0.3, 0.4) is 0 Å². The lowest BCUT2D eigenvalue weighted by Gasteiger charge is -2.21. The first-order chi connectivity index (χ1) is 20.8. The van der Waals surface area contributed by atoms with Crippen molar-refractivity contribution in [2.45, 2.75) is 30.8 Å². The third-order valence-corrected chi connectivity index (χ3v) is 9.03. The summed E-state index contributed by atoms with van der Waals surface area (Å²) in [6, 6.07) is 13.8. The van der Waals surface area contributed by atoms with Crippen LogP contribution in [0.2, 0.25) is 0 Å². The van der Waals surface area contributed by atoms with Crippen molar-refractivity contribution in [3.63, 3.8) is 0 Å². The summed E-state index contributed by atoms with van der Waals surface area (Å²) in [5.41, 5.74) is 1.90. The van der Waals surface area contributed by atoms with Crippen LogP contribution in [0.5, 0.6) is 17.2 Å². The number of thioether (sulfide) groups is 1. The SMILES string of the molecule is COc1cc(CCNCC2CSc3c(Cc4c(F)cccc4F)c(C)c(-c4cccc(OC)c4F)c(=O)n32)cc(OC)c1. The maximum Gasteiger partial charge on any atom is 0.260 e. The fourth-order valence-corrected chi connectivity index (χ4v) is 6.88. The third-order valence-electron chi connectivity index (χ3n) is 7.76. The molecule has 0 spiro atoms. The zero-order valence-corrected chi connectivity index (χ0v) is 25.2. The van der Waals surface area contributed by atoms with Crippen LogP contribution in [0, 0.1) is 24.4 Å². The van der Waals surface area contributed by atoms with Gasteiger partial charge in [-0.15, -0.1) is 11.8 Å². The molecule has 4 aromatic rings. The average molecular weight is 611 g/mol. The zero-order chi connectivity index (χ0) is 30.7. The molecule has 1 aliphatic heterocycles. The maximum atomic E-state index is 15.5. The number of halogens is 3. The van der Waals surface area contributed by atoms with E-state index in [1.807, 2.05) is 18.2 Å². The molecule has 1 N–H and O–H groups in total. The van der Waals surface area contributed by atoms with E-state index in [9.17, 15) is 13.6 Å². The average Bonchev–Trinajstić information content (AvgIpc) is 3.43. The topological polar surface area (TPSA) is 61.7 Å². The van der Waals surface area contributed by atoms with Crippen molar-refractivity contribution in [3.05, 3.63) is 105 Å². The maximum absolute atomic E-state index is 15.5. The van der Waals surface area contributed by atoms with E-state index < -0.39 is 17.5 Å². The molecule has 6 nitrogen and oxygen atoms in total. The number of rotatable bonds is 11. The van der Waals surface area contributed by atoms with Gasteiger partial charge in [-0.25, -0.2) is 13.2 Å². The molecule has 1 aromatic heterocycles. The number of nitrogens with zero attached hydrogens (tertiary/aromatic N) is 1. The molecule has 1 aliphatic rings. The Hall–Kier alpha value is -3.89. The number of ether oxygens (including phenoxy) is 3. The number of pyridine rings is 1. The quantitative estimate of drug-likeness (QED) is 0.200. The van der Waals surface area contributed by atoms with Crippen molar-refractivity contribution in [3.8, 4) is 28.4 Å². The third kappa shape index (κ3) is 6.12. The number of hydrogen-bond donors (Lipinski definition) is 1. The van der Waals surface area contributed by atoms with Crippen LogP contribution in [0.4, 0.5) is 13.2 Å². The van der Waals surface area contributed by atoms with Crippen LogP contribution in [-0.4, -0.2) is 44.7 Å². The van der Waals surface area contributed by atoms with E-state index in [2.05, 4.69) is 5.32 Å². The molecule has 1 unspecified atom stereocenters. The molecule has 0 amide bonds. The van der Waals surface area contributed by atoms with Gasteiger partial charge in [-0.1, -0.05) is 18.2 Å². The van der Waals surface area contributed by atoms with Crippen LogP contribution >= 0.6 is 11.8 Å². The number of nitrogens with one attached hydrogen (secondary N) is 1. The molecule has 0 fully saturated rings. The summed E-state index contributed by atoms with van der Waals surface area (Å²) in [7, 11) is 4.56. The highest BCUT2D eigenvalue weighted by molar-refractivity contribution is 7.99. The van der Waals surface area contributed by atoms with E-state index in [0.717, 1.165) is 5.56 Å². The second-order valence-electron chi connectivity index (χ2n) is 10.3. The minimum Gasteiger partial charge on any atom is -0.497 e. The standard InChI is InChI=1S/C33H33F3N2O4S/c1-19-25(16-26-27(34)8-6-9-28(26)35)33-38(32(39)30(19)24-7-5-10-29(42-4)31(24)36)21(18-43-33)17-37-12-11-20-13-22(40-2)15-23(14-20)41-3/h5-10,13-15,21,37H,11-12,16-18H2,1-4H3. The molecule has 0 aliphatic carbocycles. The monoisotopic (exact) mass is 610 g/mol. The summed E-state index contributed by atoms with van der Waals surface area (Å²) >= 11 is 1.47. The van der Waals surface area contributed by atoms with E-state index in [0.29, 0.717) is 52.9 Å². The van der Waals surface area contributed by atoms with Crippen LogP contribution < -0.4 is 25.1 Å². The van der Waals surface area contributed by atoms with Gasteiger partial charge in [0.1, 0.15) is 23.1 Å². The number of aromatic nitrogens is 1. The molecule has 10 heteroatoms. The minimum atomic E-state index is -0.672. The van der Waals surface area contributed by atoms with Crippen LogP contribution in [-0.2, 0) is 12.8 Å². The Morgan fingerprint density at radius 3 is 2.26 bits per heavy atom. The van der Waals surface area contributed by atoms with Gasteiger partial charge in [0.2, 0.25) is 0 Å². The van der Waals surface area contributed by atoms with Crippen molar-refractivity contribution >= 4 is 11.8 Å². The van der Waals surface area contributed by atoms with Gasteiger partial charge in [0, 0.05) is 35.9 Å². The second kappa shape index (κ2) is 13.2. The summed E-state index contributed by atoms with van der Waals surface area (Å²) in [5.74, 6) is -0.0244. The Balaban J connectivity index is 1.50. The molecular formula is C33H33F3N2O4S. The van der Waals surface area contributed by atoms with Gasteiger partial charge in [0.15, 0.2) is 11.6 Å². The fourth-order valence-electron chi connectivity index (χ4n) is 5.49. The molecule has 1 atom stereocenters. The van der Waals surface area contributed by atoms with E-state index >= 15 is 4.39 Å². The molecule has 3 aromatic carbocycles. The smallest absolute Gasteiger partial charge is 0.260 e. The minimum absolute atomic E-state index is 0.00487. The highest BCUT2D eigenvalue weighted by Crippen LogP contribution is 2.40. The first-order valence-electron chi connectivity index (χ1n) is 13.9. The van der Waals surface area contributed by atoms with Gasteiger partial charge in [0.25, 0.3) is 5.56 Å². The van der Waals surface area contributed by atoms with E-state index in [1.165, 1.54) is 49.2 Å². The van der Waals surface area contributed by atoms with Crippen molar-refractivity contribution in [1.82, 2.24) is 9.88 Å². The molecule has 0 radical (unpaired) electrons. The summed E-state index contributed by atoms with van der Waals surface area (Å²) in [5, 5.41) is 4.08. The van der Waals surface area contributed by atoms with Crippen LogP contribution in [0.25, 0.3) is 11.1 Å². The van der Waals surface area contributed by atoms with Gasteiger partial charge in [-0.3, -0.25) is 9.36 Å². The van der Waals surface area contributed by atoms with Crippen molar-refractivity contribution < 1.29 is 27.4 Å². The first kappa shape index (κ1) is 30.6. The van der Waals surface area contributed by atoms with Gasteiger partial charge in [-0.2, -0.15) is 0 Å². The Morgan fingerprint density at radius 1 is 0.930 bits per heavy atom. The predicted molar refractivity (Wildman–Crippen MR) is 162 cm³/mol. The Morgan fingerprint density at radius 2 is 1.60 bits per heavy atom. The predicted octanol–water partition coefficient (Wildman–Crippen LogP) is 6.34. The zero-order valence-electron chi connectivity index (χ0n) is 24.4. The lowest BCUT2D eigenvalue weighted by Crippen LogP contribution is -2.34. The molecule has 0 bridgehead atoms. The van der Waals surface area contributed by atoms with Gasteiger partial charge in [-0.05, 0) is 66.9 Å². The lowest BCUT2D eigenvalue weighted by atomic mass is 9.94. The number of hydrogen-bond acceptors (Lipinski definition) is 6. The summed E-state index contributed by atoms with van der Waals surface area (Å²) < 4.78 is 62.7. The Bertz CT molecular complexity index is 1670. The van der Waals surface area contributed by atoms with E-state index in [1.54, 1.807) is 31.8 Å². The van der Waals surface area contributed by atoms with Crippen molar-refractivity contribution in [2.24, 2.45) is 0 Å². The first-order valence-corrected chi connectivity index (χ1v) is 14.8. The van der Waals surface area contributed by atoms with Crippen LogP contribution in [0.1, 0.15) is 28.3 Å². The highest BCUT2D eigenvalue weighted by atomic mass is 32.2. The second-order valence-corrected chi connectivity index (χ2v) is 11.3. The normalized spacial score (nSPS) is 14.1. The number of benzene rings is 3. The molecule has 226 valence electrons. The van der Waals surface area contributed by atoms with Gasteiger partial charge in [0.05, 0.1) is 38.0 Å². The summed E-state index contributed by atoms with van der Waals surface area (Å²) in [4.78, 5) is 14.1. The molecule has 0 saturated carbocycles. The molecule has 0 saturated heterocycles. The molecular weight excluding hydrogens is 577 g/mol. The van der Waals surface area contributed by atoms with Gasteiger partial charge < -0.3 is 19.5 Å². The molecule has 2 heterocycles. The van der Waals surface area contributed by atoms with E-state index in [-0.39, 0.29) is 40.5 Å². The largest absolute Gasteiger partial charge is 0.497 e. The van der Waals surface area contributed by atoms with Gasteiger partial charge >= 0.3 is 0 Å². The number of fused-ring (bicyclic) bond motifs is 1. The number of methoxy groups -OCH3 is 3. The summed E-state index contributed by atoms with van der Waals surface area (Å²) in [6.45, 7) is 2.80. The molecule has 43 heavy (non-hydrogen) atoms. The Kier molecular flexibility index (Phi) is 9.37. The van der Waals surface area contributed by atoms with Crippen molar-refractivity contribution in [2.75, 3.05) is 40.2 Å². The van der Waals surface area contributed by atoms with Crippen molar-refractivity contribution in [1.29, 1.82) is 0 Å². The fraction of sp³-hybridized carbons (Fsp3) is 0.303. The van der Waals surface area contributed by atoms with E-state index in [4.69, 9.17) is 14.2 Å². The van der Waals surface area contributed by atoms with Crippen LogP contribution in [0.15, 0.2) is 64.4 Å². The highest BCUT2D eigenvalue weighted by Gasteiger charge is 2.32. The lowest BCUT2D eigenvalue weighted by molar-refractivity contribution is 0.387. The Labute approximate surface area is 252 Å². The summed E-state index contributed by atoms with van der Waals surface area (Å²) in [6.07, 6.45) is 0.616.